The van der Waals surface area contributed by atoms with Crippen molar-refractivity contribution in [2.24, 2.45) is 0 Å². The maximum atomic E-state index is 12.3. The highest BCUT2D eigenvalue weighted by molar-refractivity contribution is 5.79. The van der Waals surface area contributed by atoms with Crippen LogP contribution in [0.4, 0.5) is 0 Å². The third kappa shape index (κ3) is 5.10. The number of benzene rings is 2. The van der Waals surface area contributed by atoms with Crippen LogP contribution < -0.4 is 14.8 Å². The molecular formula is C21H23N3O3. The highest BCUT2D eigenvalue weighted by atomic mass is 16.5. The molecule has 6 nitrogen and oxygen atoms in total. The third-order valence-corrected chi connectivity index (χ3v) is 4.28. The van der Waals surface area contributed by atoms with E-state index in [1.165, 1.54) is 5.56 Å². The van der Waals surface area contributed by atoms with E-state index in [1.54, 1.807) is 32.8 Å². The van der Waals surface area contributed by atoms with Gasteiger partial charge in [-0.25, -0.2) is 4.98 Å². The Labute approximate surface area is 158 Å². The lowest BCUT2D eigenvalue weighted by atomic mass is 10.1. The number of hydrogen-bond acceptors (Lipinski definition) is 4. The van der Waals surface area contributed by atoms with Crippen molar-refractivity contribution >= 4 is 5.91 Å². The molecule has 140 valence electrons. The van der Waals surface area contributed by atoms with E-state index in [9.17, 15) is 4.79 Å². The van der Waals surface area contributed by atoms with Crippen LogP contribution in [0.3, 0.4) is 0 Å². The molecule has 6 heteroatoms. The zero-order chi connectivity index (χ0) is 19.1. The van der Waals surface area contributed by atoms with Gasteiger partial charge in [0.15, 0.2) is 0 Å². The van der Waals surface area contributed by atoms with Gasteiger partial charge in [-0.2, -0.15) is 0 Å². The van der Waals surface area contributed by atoms with Gasteiger partial charge in [-0.1, -0.05) is 24.3 Å². The second kappa shape index (κ2) is 8.89. The average Bonchev–Trinajstić information content (AvgIpc) is 3.20. The normalized spacial score (nSPS) is 10.4. The predicted octanol–water partition coefficient (Wildman–Crippen LogP) is 2.81. The molecule has 1 N–H and O–H groups in total. The summed E-state index contributed by atoms with van der Waals surface area (Å²) in [4.78, 5) is 16.4. The Balaban J connectivity index is 1.54. The van der Waals surface area contributed by atoms with Gasteiger partial charge in [0.05, 0.1) is 27.0 Å². The van der Waals surface area contributed by atoms with E-state index in [0.29, 0.717) is 18.0 Å². The van der Waals surface area contributed by atoms with Crippen molar-refractivity contribution in [3.8, 4) is 11.5 Å². The molecule has 1 aromatic heterocycles. The SMILES string of the molecule is COc1ccc(OC)c(CC(=O)NCc2ccc(Cn3ccnc3)cc2)c1. The number of hydrogen-bond donors (Lipinski definition) is 1. The molecule has 0 fully saturated rings. The van der Waals surface area contributed by atoms with Crippen LogP contribution >= 0.6 is 0 Å². The number of imidazole rings is 1. The first-order chi connectivity index (χ1) is 13.2. The monoisotopic (exact) mass is 365 g/mol. The van der Waals surface area contributed by atoms with Crippen molar-refractivity contribution in [3.05, 3.63) is 77.9 Å². The first-order valence-corrected chi connectivity index (χ1v) is 8.69. The van der Waals surface area contributed by atoms with E-state index in [4.69, 9.17) is 9.47 Å². The van der Waals surface area contributed by atoms with Gasteiger partial charge in [-0.05, 0) is 29.3 Å². The maximum absolute atomic E-state index is 12.3. The lowest BCUT2D eigenvalue weighted by Crippen LogP contribution is -2.24. The zero-order valence-electron chi connectivity index (χ0n) is 15.5. The van der Waals surface area contributed by atoms with E-state index in [-0.39, 0.29) is 12.3 Å². The molecule has 1 amide bonds. The molecule has 0 spiro atoms. The molecule has 27 heavy (non-hydrogen) atoms. The van der Waals surface area contributed by atoms with Crippen molar-refractivity contribution in [2.75, 3.05) is 14.2 Å². The Kier molecular flexibility index (Phi) is 6.10. The van der Waals surface area contributed by atoms with Crippen LogP contribution in [0.5, 0.6) is 11.5 Å². The van der Waals surface area contributed by atoms with Gasteiger partial charge in [-0.3, -0.25) is 4.79 Å². The number of methoxy groups -OCH3 is 2. The smallest absolute Gasteiger partial charge is 0.224 e. The Morgan fingerprint density at radius 2 is 1.85 bits per heavy atom. The van der Waals surface area contributed by atoms with Gasteiger partial charge >= 0.3 is 0 Å². The van der Waals surface area contributed by atoms with Gasteiger partial charge < -0.3 is 19.4 Å². The van der Waals surface area contributed by atoms with Crippen LogP contribution in [-0.2, 0) is 24.3 Å². The van der Waals surface area contributed by atoms with Gasteiger partial charge in [0, 0.05) is 31.0 Å². The number of nitrogens with one attached hydrogen (secondary N) is 1. The lowest BCUT2D eigenvalue weighted by molar-refractivity contribution is -0.120. The molecular weight excluding hydrogens is 342 g/mol. The molecule has 3 aromatic rings. The number of carbonyl (C=O) groups excluding carboxylic acids is 1. The van der Waals surface area contributed by atoms with Crippen LogP contribution in [0.15, 0.2) is 61.2 Å². The van der Waals surface area contributed by atoms with Crippen LogP contribution in [0.2, 0.25) is 0 Å². The average molecular weight is 365 g/mol. The molecule has 0 bridgehead atoms. The Morgan fingerprint density at radius 1 is 1.07 bits per heavy atom. The summed E-state index contributed by atoms with van der Waals surface area (Å²) in [6.07, 6.45) is 5.72. The van der Waals surface area contributed by atoms with E-state index in [0.717, 1.165) is 17.7 Å². The van der Waals surface area contributed by atoms with E-state index < -0.39 is 0 Å². The minimum Gasteiger partial charge on any atom is -0.497 e. The van der Waals surface area contributed by atoms with E-state index in [1.807, 2.05) is 35.0 Å². The maximum Gasteiger partial charge on any atom is 0.224 e. The number of aromatic nitrogens is 2. The van der Waals surface area contributed by atoms with Crippen molar-refractivity contribution in [3.63, 3.8) is 0 Å². The molecule has 0 aliphatic heterocycles. The summed E-state index contributed by atoms with van der Waals surface area (Å²) in [5.41, 5.74) is 3.03. The Bertz CT molecular complexity index is 874. The molecule has 0 radical (unpaired) electrons. The lowest BCUT2D eigenvalue weighted by Gasteiger charge is -2.11. The summed E-state index contributed by atoms with van der Waals surface area (Å²) < 4.78 is 12.6. The molecule has 0 saturated heterocycles. The topological polar surface area (TPSA) is 65.4 Å². The number of ether oxygens (including phenoxy) is 2. The quantitative estimate of drug-likeness (QED) is 0.667. The molecule has 0 aliphatic rings. The minimum absolute atomic E-state index is 0.0657. The minimum atomic E-state index is -0.0657. The third-order valence-electron chi connectivity index (χ3n) is 4.28. The van der Waals surface area contributed by atoms with Crippen molar-refractivity contribution in [1.82, 2.24) is 14.9 Å². The van der Waals surface area contributed by atoms with Gasteiger partial charge in [0.1, 0.15) is 11.5 Å². The summed E-state index contributed by atoms with van der Waals surface area (Å²) >= 11 is 0. The van der Waals surface area contributed by atoms with E-state index >= 15 is 0 Å². The standard InChI is InChI=1S/C21H23N3O3/c1-26-19-7-8-20(27-2)18(11-19)12-21(25)23-13-16-3-5-17(6-4-16)14-24-10-9-22-15-24/h3-11,15H,12-14H2,1-2H3,(H,23,25). The second-order valence-corrected chi connectivity index (χ2v) is 6.18. The van der Waals surface area contributed by atoms with Crippen molar-refractivity contribution in [1.29, 1.82) is 0 Å². The Hall–Kier alpha value is -3.28. The summed E-state index contributed by atoms with van der Waals surface area (Å²) in [6, 6.07) is 13.6. The molecule has 3 rings (SSSR count). The van der Waals surface area contributed by atoms with Crippen LogP contribution in [0.25, 0.3) is 0 Å². The van der Waals surface area contributed by atoms with Crippen molar-refractivity contribution < 1.29 is 14.3 Å². The molecule has 0 aliphatic carbocycles. The second-order valence-electron chi connectivity index (χ2n) is 6.18. The summed E-state index contributed by atoms with van der Waals surface area (Å²) in [6.45, 7) is 1.26. The molecule has 1 heterocycles. The zero-order valence-corrected chi connectivity index (χ0v) is 15.5. The summed E-state index contributed by atoms with van der Waals surface area (Å²) in [5.74, 6) is 1.31. The molecule has 0 atom stereocenters. The first-order valence-electron chi connectivity index (χ1n) is 8.69. The van der Waals surface area contributed by atoms with E-state index in [2.05, 4.69) is 22.4 Å². The number of carbonyl (C=O) groups is 1. The number of nitrogens with zero attached hydrogens (tertiary/aromatic N) is 2. The van der Waals surface area contributed by atoms with Crippen LogP contribution in [0, 0.1) is 0 Å². The summed E-state index contributed by atoms with van der Waals surface area (Å²) in [5, 5.41) is 2.95. The molecule has 2 aromatic carbocycles. The molecule has 0 unspecified atom stereocenters. The fraction of sp³-hybridized carbons (Fsp3) is 0.238. The van der Waals surface area contributed by atoms with Crippen LogP contribution in [0.1, 0.15) is 16.7 Å². The number of rotatable bonds is 8. The highest BCUT2D eigenvalue weighted by Gasteiger charge is 2.10. The van der Waals surface area contributed by atoms with Crippen LogP contribution in [-0.4, -0.2) is 29.7 Å². The Morgan fingerprint density at radius 3 is 2.52 bits per heavy atom. The van der Waals surface area contributed by atoms with Crippen molar-refractivity contribution in [2.45, 2.75) is 19.5 Å². The number of amides is 1. The predicted molar refractivity (Wildman–Crippen MR) is 103 cm³/mol. The van der Waals surface area contributed by atoms with Gasteiger partial charge in [0.2, 0.25) is 5.91 Å². The summed E-state index contributed by atoms with van der Waals surface area (Å²) in [7, 11) is 3.19. The largest absolute Gasteiger partial charge is 0.497 e. The van der Waals surface area contributed by atoms with Gasteiger partial charge in [0.25, 0.3) is 0 Å². The fourth-order valence-corrected chi connectivity index (χ4v) is 2.81. The molecule has 0 saturated carbocycles. The highest BCUT2D eigenvalue weighted by Crippen LogP contribution is 2.24. The fourth-order valence-electron chi connectivity index (χ4n) is 2.81. The first kappa shape index (κ1) is 18.5. The van der Waals surface area contributed by atoms with Gasteiger partial charge in [-0.15, -0.1) is 0 Å².